The van der Waals surface area contributed by atoms with Crippen molar-refractivity contribution in [2.75, 3.05) is 12.9 Å². The molecule has 0 radical (unpaired) electrons. The number of carbonyl (C=O) groups excluding carboxylic acids is 1. The van der Waals surface area contributed by atoms with Crippen LogP contribution in [0.4, 0.5) is 0 Å². The van der Waals surface area contributed by atoms with Crippen LogP contribution in [-0.4, -0.2) is 18.8 Å². The Morgan fingerprint density at radius 1 is 0.926 bits per heavy atom. The molecule has 0 aromatic heterocycles. The Morgan fingerprint density at radius 3 is 2.44 bits per heavy atom. The van der Waals surface area contributed by atoms with Gasteiger partial charge in [0.05, 0.1) is 6.61 Å². The fraction of sp³-hybridized carbons (Fsp3) is 0.174. The molecule has 0 heterocycles. The molecule has 0 bridgehead atoms. The first-order chi connectivity index (χ1) is 13.2. The van der Waals surface area contributed by atoms with Crippen LogP contribution in [0.15, 0.2) is 83.8 Å². The second-order valence-corrected chi connectivity index (χ2v) is 7.02. The fourth-order valence-corrected chi connectivity index (χ4v) is 3.09. The lowest BCUT2D eigenvalue weighted by Crippen LogP contribution is -2.22. The molecular weight excluding hydrogens is 354 g/mol. The standard InChI is InChI=1S/C23H23NO2S/c1-27-22-12-10-19(11-13-22)17-24-23(25)20-8-5-9-21(16-20)26-15-14-18-6-3-2-4-7-18/h2-13,16H,14-15,17H2,1H3,(H,24,25). The molecule has 0 spiro atoms. The SMILES string of the molecule is CSc1ccc(CNC(=O)c2cccc(OCCc3ccccc3)c2)cc1. The Morgan fingerprint density at radius 2 is 1.70 bits per heavy atom. The number of thioether (sulfide) groups is 1. The number of nitrogens with one attached hydrogen (secondary N) is 1. The third-order valence-electron chi connectivity index (χ3n) is 4.21. The van der Waals surface area contributed by atoms with Gasteiger partial charge >= 0.3 is 0 Å². The summed E-state index contributed by atoms with van der Waals surface area (Å²) < 4.78 is 5.81. The van der Waals surface area contributed by atoms with E-state index in [9.17, 15) is 4.79 Å². The molecule has 138 valence electrons. The number of carbonyl (C=O) groups is 1. The second-order valence-electron chi connectivity index (χ2n) is 6.14. The maximum Gasteiger partial charge on any atom is 0.251 e. The molecule has 0 unspecified atom stereocenters. The van der Waals surface area contributed by atoms with Gasteiger partial charge in [0.1, 0.15) is 5.75 Å². The van der Waals surface area contributed by atoms with Gasteiger partial charge in [-0.3, -0.25) is 4.79 Å². The number of hydrogen-bond donors (Lipinski definition) is 1. The van der Waals surface area contributed by atoms with E-state index in [1.54, 1.807) is 23.9 Å². The van der Waals surface area contributed by atoms with Gasteiger partial charge in [-0.25, -0.2) is 0 Å². The number of hydrogen-bond acceptors (Lipinski definition) is 3. The second kappa shape index (κ2) is 9.83. The summed E-state index contributed by atoms with van der Waals surface area (Å²) in [6.45, 7) is 1.09. The molecule has 0 fully saturated rings. The Kier molecular flexibility index (Phi) is 6.94. The van der Waals surface area contributed by atoms with E-state index < -0.39 is 0 Å². The minimum absolute atomic E-state index is 0.0996. The van der Waals surface area contributed by atoms with Crippen LogP contribution in [0.3, 0.4) is 0 Å². The van der Waals surface area contributed by atoms with Crippen molar-refractivity contribution in [1.29, 1.82) is 0 Å². The quantitative estimate of drug-likeness (QED) is 0.564. The Hall–Kier alpha value is -2.72. The van der Waals surface area contributed by atoms with Crippen LogP contribution in [0.5, 0.6) is 5.75 Å². The van der Waals surface area contributed by atoms with Crippen LogP contribution < -0.4 is 10.1 Å². The highest BCUT2D eigenvalue weighted by Crippen LogP contribution is 2.16. The van der Waals surface area contributed by atoms with Crippen molar-refractivity contribution in [2.24, 2.45) is 0 Å². The molecule has 0 saturated carbocycles. The molecule has 3 aromatic carbocycles. The van der Waals surface area contributed by atoms with E-state index in [0.717, 1.165) is 12.0 Å². The average molecular weight is 378 g/mol. The maximum absolute atomic E-state index is 12.4. The van der Waals surface area contributed by atoms with Crippen molar-refractivity contribution in [3.8, 4) is 5.75 Å². The van der Waals surface area contributed by atoms with Crippen LogP contribution in [0.1, 0.15) is 21.5 Å². The molecule has 0 aliphatic rings. The molecule has 4 heteroatoms. The number of benzene rings is 3. The minimum Gasteiger partial charge on any atom is -0.493 e. The largest absolute Gasteiger partial charge is 0.493 e. The number of amides is 1. The van der Waals surface area contributed by atoms with Crippen LogP contribution >= 0.6 is 11.8 Å². The smallest absolute Gasteiger partial charge is 0.251 e. The van der Waals surface area contributed by atoms with Crippen LogP contribution in [0.2, 0.25) is 0 Å². The zero-order valence-corrected chi connectivity index (χ0v) is 16.2. The molecule has 0 aliphatic heterocycles. The summed E-state index contributed by atoms with van der Waals surface area (Å²) in [6.07, 6.45) is 2.88. The highest BCUT2D eigenvalue weighted by molar-refractivity contribution is 7.98. The topological polar surface area (TPSA) is 38.3 Å². The first-order valence-corrected chi connectivity index (χ1v) is 10.1. The predicted octanol–water partition coefficient (Wildman–Crippen LogP) is 4.96. The third-order valence-corrected chi connectivity index (χ3v) is 4.95. The summed E-state index contributed by atoms with van der Waals surface area (Å²) >= 11 is 1.70. The van der Waals surface area contributed by atoms with E-state index in [4.69, 9.17) is 4.74 Å². The monoisotopic (exact) mass is 377 g/mol. The van der Waals surface area contributed by atoms with E-state index >= 15 is 0 Å². The van der Waals surface area contributed by atoms with Crippen LogP contribution in [0, 0.1) is 0 Å². The lowest BCUT2D eigenvalue weighted by Gasteiger charge is -2.09. The zero-order valence-electron chi connectivity index (χ0n) is 15.4. The van der Waals surface area contributed by atoms with Crippen molar-refractivity contribution >= 4 is 17.7 Å². The normalized spacial score (nSPS) is 10.4. The number of ether oxygens (including phenoxy) is 1. The molecular formula is C23H23NO2S. The van der Waals surface area contributed by atoms with Gasteiger partial charge in [-0.15, -0.1) is 11.8 Å². The van der Waals surface area contributed by atoms with E-state index in [-0.39, 0.29) is 5.91 Å². The maximum atomic E-state index is 12.4. The molecule has 0 aliphatic carbocycles. The van der Waals surface area contributed by atoms with Gasteiger partial charge in [0.15, 0.2) is 0 Å². The summed E-state index contributed by atoms with van der Waals surface area (Å²) in [4.78, 5) is 13.6. The van der Waals surface area contributed by atoms with Crippen molar-refractivity contribution in [1.82, 2.24) is 5.32 Å². The first kappa shape index (κ1) is 19.1. The molecule has 0 saturated heterocycles. The molecule has 1 amide bonds. The first-order valence-electron chi connectivity index (χ1n) is 8.92. The van der Waals surface area contributed by atoms with Gasteiger partial charge < -0.3 is 10.1 Å². The van der Waals surface area contributed by atoms with Crippen molar-refractivity contribution in [2.45, 2.75) is 17.9 Å². The lowest BCUT2D eigenvalue weighted by atomic mass is 10.1. The molecule has 1 N–H and O–H groups in total. The Bertz CT molecular complexity index is 863. The summed E-state index contributed by atoms with van der Waals surface area (Å²) in [5, 5.41) is 2.96. The van der Waals surface area contributed by atoms with E-state index in [2.05, 4.69) is 29.6 Å². The predicted molar refractivity (Wildman–Crippen MR) is 111 cm³/mol. The highest BCUT2D eigenvalue weighted by atomic mass is 32.2. The summed E-state index contributed by atoms with van der Waals surface area (Å²) in [5.74, 6) is 0.611. The molecule has 3 rings (SSSR count). The van der Waals surface area contributed by atoms with Gasteiger partial charge in [-0.05, 0) is 47.7 Å². The van der Waals surface area contributed by atoms with E-state index in [1.807, 2.05) is 48.7 Å². The van der Waals surface area contributed by atoms with Gasteiger partial charge in [0.2, 0.25) is 0 Å². The van der Waals surface area contributed by atoms with Gasteiger partial charge in [0.25, 0.3) is 5.91 Å². The van der Waals surface area contributed by atoms with Crippen LogP contribution in [0.25, 0.3) is 0 Å². The minimum atomic E-state index is -0.0996. The van der Waals surface area contributed by atoms with Gasteiger partial charge in [-0.1, -0.05) is 48.5 Å². The van der Waals surface area contributed by atoms with E-state index in [1.165, 1.54) is 10.5 Å². The summed E-state index contributed by atoms with van der Waals surface area (Å²) in [7, 11) is 0. The van der Waals surface area contributed by atoms with Gasteiger partial charge in [0, 0.05) is 23.4 Å². The fourth-order valence-electron chi connectivity index (χ4n) is 2.69. The molecule has 27 heavy (non-hydrogen) atoms. The summed E-state index contributed by atoms with van der Waals surface area (Å²) in [5.41, 5.74) is 2.92. The average Bonchev–Trinajstić information content (AvgIpc) is 2.73. The Balaban J connectivity index is 1.51. The lowest BCUT2D eigenvalue weighted by molar-refractivity contribution is 0.0950. The highest BCUT2D eigenvalue weighted by Gasteiger charge is 2.07. The number of rotatable bonds is 8. The van der Waals surface area contributed by atoms with E-state index in [0.29, 0.717) is 24.5 Å². The Labute approximate surface area is 164 Å². The van der Waals surface area contributed by atoms with Crippen molar-refractivity contribution < 1.29 is 9.53 Å². The molecule has 3 nitrogen and oxygen atoms in total. The molecule has 3 aromatic rings. The van der Waals surface area contributed by atoms with Crippen molar-refractivity contribution in [3.63, 3.8) is 0 Å². The van der Waals surface area contributed by atoms with Gasteiger partial charge in [-0.2, -0.15) is 0 Å². The van der Waals surface area contributed by atoms with Crippen LogP contribution in [-0.2, 0) is 13.0 Å². The third kappa shape index (κ3) is 5.90. The van der Waals surface area contributed by atoms with Crippen molar-refractivity contribution in [3.05, 3.63) is 95.6 Å². The molecule has 0 atom stereocenters. The zero-order chi connectivity index (χ0) is 18.9. The summed E-state index contributed by atoms with van der Waals surface area (Å²) in [6, 6.07) is 25.7.